The van der Waals surface area contributed by atoms with Crippen LogP contribution < -0.4 is 10.6 Å². The molecule has 2 N–H and O–H groups in total. The van der Waals surface area contributed by atoms with Crippen LogP contribution in [0.25, 0.3) is 0 Å². The second-order valence-corrected chi connectivity index (χ2v) is 15.0. The van der Waals surface area contributed by atoms with Gasteiger partial charge < -0.3 is 24.8 Å². The molecule has 5 unspecified atom stereocenters. The first-order valence-electron chi connectivity index (χ1n) is 16.3. The average Bonchev–Trinajstić information content (AvgIpc) is 3.35. The number of urea groups is 1. The Balaban J connectivity index is 0.000000217. The number of carbonyl (C=O) groups is 2. The topological polar surface area (TPSA) is 104 Å². The highest BCUT2D eigenvalue weighted by atomic mass is 16.7. The van der Waals surface area contributed by atoms with Gasteiger partial charge in [-0.25, -0.2) is 4.79 Å². The minimum absolute atomic E-state index is 0.00809. The van der Waals surface area contributed by atoms with Crippen molar-refractivity contribution >= 4 is 19.1 Å². The number of carbonyl (C=O) groups excluding carboxylic acids is 2. The largest absolute Gasteiger partial charge is 0.482 e. The van der Waals surface area contributed by atoms with Crippen LogP contribution in [0.4, 0.5) is 4.79 Å². The summed E-state index contributed by atoms with van der Waals surface area (Å²) < 4.78 is 12.9. The van der Waals surface area contributed by atoms with E-state index in [4.69, 9.17) is 9.31 Å². The summed E-state index contributed by atoms with van der Waals surface area (Å²) in [6.45, 7) is 16.8. The lowest BCUT2D eigenvalue weighted by molar-refractivity contribution is -0.199. The third-order valence-corrected chi connectivity index (χ3v) is 11.1. The van der Waals surface area contributed by atoms with Gasteiger partial charge in [0, 0.05) is 20.1 Å². The number of likely N-dealkylation sites (tertiary alicyclic amines) is 1. The molecular formula is C34H53BN4O4. The fourth-order valence-corrected chi connectivity index (χ4v) is 7.59. The quantitative estimate of drug-likeness (QED) is 0.418. The molecule has 43 heavy (non-hydrogen) atoms. The van der Waals surface area contributed by atoms with Gasteiger partial charge in [-0.1, -0.05) is 71.9 Å². The van der Waals surface area contributed by atoms with Gasteiger partial charge >= 0.3 is 13.1 Å². The fraction of sp³-hybridized carbons (Fsp3) is 0.735. The van der Waals surface area contributed by atoms with Gasteiger partial charge in [-0.15, -0.1) is 0 Å². The van der Waals surface area contributed by atoms with Crippen molar-refractivity contribution in [3.63, 3.8) is 0 Å². The zero-order valence-corrected chi connectivity index (χ0v) is 27.6. The van der Waals surface area contributed by atoms with E-state index in [0.717, 1.165) is 37.9 Å². The number of rotatable bonds is 6. The molecule has 3 aliphatic carbocycles. The summed E-state index contributed by atoms with van der Waals surface area (Å²) in [5.41, 5.74) is 1.20. The summed E-state index contributed by atoms with van der Waals surface area (Å²) in [7, 11) is 1.21. The number of nitrogens with one attached hydrogen (secondary N) is 2. The van der Waals surface area contributed by atoms with Crippen molar-refractivity contribution in [3.05, 3.63) is 35.9 Å². The van der Waals surface area contributed by atoms with Crippen molar-refractivity contribution in [2.75, 3.05) is 20.1 Å². The molecule has 0 aromatic heterocycles. The predicted octanol–water partition coefficient (Wildman–Crippen LogP) is 5.62. The van der Waals surface area contributed by atoms with Crippen molar-refractivity contribution in [1.29, 1.82) is 5.26 Å². The Morgan fingerprint density at radius 2 is 1.77 bits per heavy atom. The van der Waals surface area contributed by atoms with E-state index in [1.165, 1.54) is 12.8 Å². The summed E-state index contributed by atoms with van der Waals surface area (Å²) in [6.07, 6.45) is 6.43. The molecule has 2 aliphatic heterocycles. The minimum Gasteiger partial charge on any atom is -0.404 e. The van der Waals surface area contributed by atoms with Crippen LogP contribution in [-0.4, -0.2) is 61.7 Å². The minimum atomic E-state index is -0.493. The molecular weight excluding hydrogens is 539 g/mol. The van der Waals surface area contributed by atoms with Gasteiger partial charge in [-0.2, -0.15) is 5.26 Å². The van der Waals surface area contributed by atoms with Gasteiger partial charge in [0.1, 0.15) is 5.92 Å². The van der Waals surface area contributed by atoms with Crippen molar-refractivity contribution in [2.45, 2.75) is 105 Å². The summed E-state index contributed by atoms with van der Waals surface area (Å²) in [6, 6.07) is 12.2. The molecule has 2 heterocycles. The van der Waals surface area contributed by atoms with Crippen LogP contribution >= 0.6 is 0 Å². The lowest BCUT2D eigenvalue weighted by Gasteiger charge is -2.64. The highest BCUT2D eigenvalue weighted by Crippen LogP contribution is 2.65. The van der Waals surface area contributed by atoms with Crippen LogP contribution in [-0.2, 0) is 20.5 Å². The highest BCUT2D eigenvalue weighted by molar-refractivity contribution is 6.48. The number of nitrogens with zero attached hydrogens (tertiary/aromatic N) is 2. The molecule has 5 aliphatic rings. The molecule has 6 rings (SSSR count). The van der Waals surface area contributed by atoms with E-state index in [-0.39, 0.29) is 40.9 Å². The molecule has 1 aromatic carbocycles. The number of piperidine rings is 1. The third kappa shape index (κ3) is 7.07. The van der Waals surface area contributed by atoms with E-state index in [9.17, 15) is 14.9 Å². The summed E-state index contributed by atoms with van der Waals surface area (Å²) >= 11 is 0. The van der Waals surface area contributed by atoms with Gasteiger partial charge in [0.05, 0.1) is 23.7 Å². The molecule has 0 radical (unpaired) electrons. The van der Waals surface area contributed by atoms with E-state index in [0.29, 0.717) is 23.7 Å². The van der Waals surface area contributed by atoms with E-state index in [2.05, 4.69) is 70.4 Å². The molecule has 8 nitrogen and oxygen atoms in total. The summed E-state index contributed by atoms with van der Waals surface area (Å²) in [5.74, 6) is 0.637. The Hall–Kier alpha value is -2.57. The zero-order valence-electron chi connectivity index (χ0n) is 27.6. The van der Waals surface area contributed by atoms with Crippen molar-refractivity contribution < 1.29 is 18.9 Å². The third-order valence-electron chi connectivity index (χ3n) is 11.1. The van der Waals surface area contributed by atoms with E-state index in [1.54, 1.807) is 7.05 Å². The first-order chi connectivity index (χ1) is 20.2. The van der Waals surface area contributed by atoms with Crippen LogP contribution in [0.3, 0.4) is 0 Å². The van der Waals surface area contributed by atoms with Crippen LogP contribution in [0.2, 0.25) is 0 Å². The monoisotopic (exact) mass is 592 g/mol. The van der Waals surface area contributed by atoms with Gasteiger partial charge in [0.2, 0.25) is 5.91 Å². The summed E-state index contributed by atoms with van der Waals surface area (Å²) in [4.78, 5) is 26.2. The number of hydrogen-bond donors (Lipinski definition) is 2. The molecule has 236 valence electrons. The first kappa shape index (κ1) is 33.3. The van der Waals surface area contributed by atoms with Gasteiger partial charge in [-0.05, 0) is 79.6 Å². The Labute approximate surface area is 259 Å². The Kier molecular flexibility index (Phi) is 10.2. The highest BCUT2D eigenvalue weighted by Gasteiger charge is 2.68. The average molecular weight is 593 g/mol. The van der Waals surface area contributed by atoms with E-state index >= 15 is 0 Å². The maximum atomic E-state index is 12.3. The van der Waals surface area contributed by atoms with Crippen LogP contribution in [0, 0.1) is 45.8 Å². The van der Waals surface area contributed by atoms with Crippen molar-refractivity contribution in [3.8, 4) is 6.07 Å². The molecule has 9 heteroatoms. The lowest BCUT2D eigenvalue weighted by Crippen LogP contribution is -2.65. The maximum absolute atomic E-state index is 12.3. The van der Waals surface area contributed by atoms with Gasteiger partial charge in [0.15, 0.2) is 0 Å². The van der Waals surface area contributed by atoms with Crippen LogP contribution in [0.1, 0.15) is 86.1 Å². The standard InChI is InChI=1S/C20H29BN2O3.C14H24N2O/c1-19(2)14-11-15(19)20(3)16(12-14)25-21(26-20)17(23-18(24)22-4)10-13-8-6-5-7-9-13;1-11(14(2,3)4)12(10-15)13(17)16-8-6-5-7-9-16/h5-9,14-17H,10-12H2,1-4H3,(H2,22,23,24);11-12H,5-9H2,1-4H3/t14?,15?,16-,17?,20+;/m1./s1. The normalized spacial score (nSPS) is 29.4. The first-order valence-corrected chi connectivity index (χ1v) is 16.3. The SMILES string of the molecule is CC(C(C#N)C(=O)N1CCCCC1)C(C)(C)C.CNC(=O)NC(Cc1ccccc1)B1O[C@@H]2CC3CC(C3(C)C)[C@]2(C)O1. The van der Waals surface area contributed by atoms with Crippen molar-refractivity contribution in [1.82, 2.24) is 15.5 Å². The predicted molar refractivity (Wildman–Crippen MR) is 170 cm³/mol. The molecule has 2 bridgehead atoms. The molecule has 3 saturated carbocycles. The second kappa shape index (κ2) is 13.2. The van der Waals surface area contributed by atoms with Crippen LogP contribution in [0.5, 0.6) is 0 Å². The zero-order chi connectivity index (χ0) is 31.6. The second-order valence-electron chi connectivity index (χ2n) is 15.0. The van der Waals surface area contributed by atoms with Gasteiger partial charge in [0.25, 0.3) is 0 Å². The maximum Gasteiger partial charge on any atom is 0.482 e. The van der Waals surface area contributed by atoms with Crippen molar-refractivity contribution in [2.24, 2.45) is 34.5 Å². The Bertz CT molecular complexity index is 1160. The number of amides is 3. The molecule has 5 fully saturated rings. The molecule has 3 amide bonds. The van der Waals surface area contributed by atoms with Gasteiger partial charge in [-0.3, -0.25) is 4.79 Å². The number of benzene rings is 1. The number of hydrogen-bond acceptors (Lipinski definition) is 5. The smallest absolute Gasteiger partial charge is 0.404 e. The fourth-order valence-electron chi connectivity index (χ4n) is 7.59. The number of nitriles is 1. The molecule has 1 aromatic rings. The van der Waals surface area contributed by atoms with E-state index < -0.39 is 13.0 Å². The Morgan fingerprint density at radius 3 is 2.33 bits per heavy atom. The molecule has 0 spiro atoms. The summed E-state index contributed by atoms with van der Waals surface area (Å²) in [5, 5.41) is 14.9. The molecule has 7 atom stereocenters. The Morgan fingerprint density at radius 1 is 1.12 bits per heavy atom. The molecule has 2 saturated heterocycles. The lowest BCUT2D eigenvalue weighted by atomic mass is 9.43. The van der Waals surface area contributed by atoms with Crippen LogP contribution in [0.15, 0.2) is 30.3 Å². The van der Waals surface area contributed by atoms with E-state index in [1.807, 2.05) is 30.0 Å².